The van der Waals surface area contributed by atoms with Crippen LogP contribution in [-0.4, -0.2) is 39.8 Å². The predicted octanol–water partition coefficient (Wildman–Crippen LogP) is 2.57. The van der Waals surface area contributed by atoms with Gasteiger partial charge in [-0.1, -0.05) is 6.07 Å². The number of esters is 1. The highest BCUT2D eigenvalue weighted by Crippen LogP contribution is 2.36. The molecule has 2 N–H and O–H groups in total. The van der Waals surface area contributed by atoms with E-state index < -0.39 is 23.3 Å². The lowest BCUT2D eigenvalue weighted by molar-refractivity contribution is -0.140. The topological polar surface area (TPSA) is 110 Å². The fourth-order valence-electron chi connectivity index (χ4n) is 2.98. The first-order chi connectivity index (χ1) is 13.3. The van der Waals surface area contributed by atoms with E-state index in [0.717, 1.165) is 0 Å². The van der Waals surface area contributed by atoms with E-state index in [1.54, 1.807) is 18.2 Å². The normalized spacial score (nSPS) is 12.0. The first kappa shape index (κ1) is 19.7. The maximum absolute atomic E-state index is 13.1. The van der Waals surface area contributed by atoms with Gasteiger partial charge in [-0.15, -0.1) is 0 Å². The number of phenolic OH excluding ortho intramolecular Hbond substituents is 1. The van der Waals surface area contributed by atoms with Gasteiger partial charge in [0.1, 0.15) is 5.65 Å². The Balaban J connectivity index is 2.25. The molecule has 0 saturated carbocycles. The number of ether oxygens (including phenoxy) is 2. The van der Waals surface area contributed by atoms with Gasteiger partial charge in [0, 0.05) is 16.6 Å². The monoisotopic (exact) mass is 448 g/mol. The Morgan fingerprint density at radius 2 is 2.00 bits per heavy atom. The standard InChI is InChI=1S/C19H17BrN2O6/c1-27-14-5-3-10(7-13(14)23)12(8-16(24)28-2)17-18(25)21-15-6-4-11(20)9-22(15)19(17)26/h3-7,9,12,23,25H,8H2,1-2H3/t12-/m0/s1. The molecular formula is C19H17BrN2O6. The SMILES string of the molecule is COC(=O)C[C@@H](c1ccc(OC)c(O)c1)c1c(O)nc2ccc(Br)cn2c1=O. The Morgan fingerprint density at radius 3 is 2.64 bits per heavy atom. The van der Waals surface area contributed by atoms with Crippen molar-refractivity contribution in [2.45, 2.75) is 12.3 Å². The van der Waals surface area contributed by atoms with Crippen LogP contribution < -0.4 is 10.3 Å². The van der Waals surface area contributed by atoms with Crippen molar-refractivity contribution in [3.05, 3.63) is 62.5 Å². The minimum Gasteiger partial charge on any atom is -0.504 e. The van der Waals surface area contributed by atoms with E-state index in [1.807, 2.05) is 0 Å². The summed E-state index contributed by atoms with van der Waals surface area (Å²) >= 11 is 3.30. The minimum atomic E-state index is -0.889. The van der Waals surface area contributed by atoms with Crippen LogP contribution in [0.4, 0.5) is 0 Å². The zero-order valence-electron chi connectivity index (χ0n) is 15.0. The van der Waals surface area contributed by atoms with Gasteiger partial charge in [0.15, 0.2) is 11.5 Å². The van der Waals surface area contributed by atoms with Gasteiger partial charge in [-0.05, 0) is 45.8 Å². The van der Waals surface area contributed by atoms with Crippen molar-refractivity contribution in [3.63, 3.8) is 0 Å². The number of rotatable bonds is 5. The van der Waals surface area contributed by atoms with Gasteiger partial charge in [0.2, 0.25) is 5.88 Å². The summed E-state index contributed by atoms with van der Waals surface area (Å²) in [5.41, 5.74) is 0.0651. The third-order valence-electron chi connectivity index (χ3n) is 4.35. The lowest BCUT2D eigenvalue weighted by Crippen LogP contribution is -2.24. The fraction of sp³-hybridized carbons (Fsp3) is 0.211. The third kappa shape index (κ3) is 3.65. The molecule has 1 atom stereocenters. The summed E-state index contributed by atoms with van der Waals surface area (Å²) in [4.78, 5) is 29.2. The van der Waals surface area contributed by atoms with E-state index in [-0.39, 0.29) is 29.1 Å². The Kier molecular flexibility index (Phi) is 5.55. The van der Waals surface area contributed by atoms with Crippen molar-refractivity contribution in [2.24, 2.45) is 0 Å². The summed E-state index contributed by atoms with van der Waals surface area (Å²) in [6, 6.07) is 7.74. The molecule has 0 saturated heterocycles. The maximum atomic E-state index is 13.1. The second-order valence-electron chi connectivity index (χ2n) is 5.99. The number of aromatic nitrogens is 2. The Labute approximate surface area is 168 Å². The third-order valence-corrected chi connectivity index (χ3v) is 4.82. The molecule has 2 aromatic heterocycles. The molecule has 0 aliphatic rings. The van der Waals surface area contributed by atoms with Crippen LogP contribution in [0.5, 0.6) is 17.4 Å². The van der Waals surface area contributed by atoms with Crippen molar-refractivity contribution in [2.75, 3.05) is 14.2 Å². The molecule has 1 aromatic carbocycles. The van der Waals surface area contributed by atoms with Crippen molar-refractivity contribution < 1.29 is 24.5 Å². The molecule has 3 rings (SSSR count). The van der Waals surface area contributed by atoms with E-state index in [9.17, 15) is 19.8 Å². The van der Waals surface area contributed by atoms with E-state index in [2.05, 4.69) is 20.9 Å². The molecule has 0 amide bonds. The number of pyridine rings is 1. The quantitative estimate of drug-likeness (QED) is 0.576. The molecule has 0 fully saturated rings. The van der Waals surface area contributed by atoms with Crippen LogP contribution in [-0.2, 0) is 9.53 Å². The second kappa shape index (κ2) is 7.89. The summed E-state index contributed by atoms with van der Waals surface area (Å²) in [5.74, 6) is -1.89. The van der Waals surface area contributed by atoms with E-state index >= 15 is 0 Å². The van der Waals surface area contributed by atoms with Gasteiger partial charge < -0.3 is 19.7 Å². The average Bonchev–Trinajstić information content (AvgIpc) is 2.67. The number of aromatic hydroxyl groups is 2. The summed E-state index contributed by atoms with van der Waals surface area (Å²) in [7, 11) is 2.64. The highest BCUT2D eigenvalue weighted by molar-refractivity contribution is 9.10. The Bertz CT molecular complexity index is 1110. The number of methoxy groups -OCH3 is 2. The molecule has 146 valence electrons. The highest BCUT2D eigenvalue weighted by Gasteiger charge is 2.27. The van der Waals surface area contributed by atoms with Crippen LogP contribution in [0, 0.1) is 0 Å². The van der Waals surface area contributed by atoms with E-state index in [4.69, 9.17) is 9.47 Å². The molecule has 2 heterocycles. The number of hydrogen-bond acceptors (Lipinski definition) is 7. The predicted molar refractivity (Wildman–Crippen MR) is 104 cm³/mol. The fourth-order valence-corrected chi connectivity index (χ4v) is 3.32. The number of hydrogen-bond donors (Lipinski definition) is 2. The van der Waals surface area contributed by atoms with Gasteiger partial charge in [0.25, 0.3) is 5.56 Å². The summed E-state index contributed by atoms with van der Waals surface area (Å²) in [6.45, 7) is 0. The second-order valence-corrected chi connectivity index (χ2v) is 6.91. The van der Waals surface area contributed by atoms with Crippen LogP contribution in [0.15, 0.2) is 45.8 Å². The number of carbonyl (C=O) groups is 1. The van der Waals surface area contributed by atoms with Crippen LogP contribution in [0.3, 0.4) is 0 Å². The summed E-state index contributed by atoms with van der Waals surface area (Å²) in [5, 5.41) is 20.6. The molecule has 28 heavy (non-hydrogen) atoms. The molecule has 3 aromatic rings. The lowest BCUT2D eigenvalue weighted by Gasteiger charge is -2.18. The first-order valence-corrected chi connectivity index (χ1v) is 8.99. The summed E-state index contributed by atoms with van der Waals surface area (Å²) < 4.78 is 11.7. The van der Waals surface area contributed by atoms with Crippen LogP contribution >= 0.6 is 15.9 Å². The molecule has 0 aliphatic heterocycles. The molecule has 9 heteroatoms. The van der Waals surface area contributed by atoms with Crippen molar-refractivity contribution in [1.29, 1.82) is 0 Å². The molecule has 0 radical (unpaired) electrons. The minimum absolute atomic E-state index is 0.0782. The van der Waals surface area contributed by atoms with Crippen LogP contribution in [0.2, 0.25) is 0 Å². The van der Waals surface area contributed by atoms with Crippen molar-refractivity contribution in [1.82, 2.24) is 9.38 Å². The van der Waals surface area contributed by atoms with Gasteiger partial charge in [-0.2, -0.15) is 4.98 Å². The Morgan fingerprint density at radius 1 is 1.25 bits per heavy atom. The van der Waals surface area contributed by atoms with Crippen molar-refractivity contribution >= 4 is 27.5 Å². The lowest BCUT2D eigenvalue weighted by atomic mass is 9.89. The maximum Gasteiger partial charge on any atom is 0.306 e. The van der Waals surface area contributed by atoms with Gasteiger partial charge in [-0.25, -0.2) is 0 Å². The number of phenols is 1. The van der Waals surface area contributed by atoms with Gasteiger partial charge in [0.05, 0.1) is 26.2 Å². The number of fused-ring (bicyclic) bond motifs is 1. The Hall–Kier alpha value is -3.07. The van der Waals surface area contributed by atoms with Crippen LogP contribution in [0.25, 0.3) is 5.65 Å². The smallest absolute Gasteiger partial charge is 0.306 e. The highest BCUT2D eigenvalue weighted by atomic mass is 79.9. The number of nitrogens with zero attached hydrogens (tertiary/aromatic N) is 2. The average molecular weight is 449 g/mol. The van der Waals surface area contributed by atoms with Crippen LogP contribution in [0.1, 0.15) is 23.5 Å². The van der Waals surface area contributed by atoms with E-state index in [1.165, 1.54) is 36.9 Å². The number of benzene rings is 1. The number of carbonyl (C=O) groups excluding carboxylic acids is 1. The zero-order valence-corrected chi connectivity index (χ0v) is 16.6. The molecular weight excluding hydrogens is 432 g/mol. The van der Waals surface area contributed by atoms with Gasteiger partial charge >= 0.3 is 5.97 Å². The molecule has 0 unspecified atom stereocenters. The van der Waals surface area contributed by atoms with Gasteiger partial charge in [-0.3, -0.25) is 14.0 Å². The molecule has 8 nitrogen and oxygen atoms in total. The molecule has 0 aliphatic carbocycles. The summed E-state index contributed by atoms with van der Waals surface area (Å²) in [6.07, 6.45) is 1.29. The largest absolute Gasteiger partial charge is 0.504 e. The first-order valence-electron chi connectivity index (χ1n) is 8.20. The van der Waals surface area contributed by atoms with Crippen molar-refractivity contribution in [3.8, 4) is 17.4 Å². The number of halogens is 1. The van der Waals surface area contributed by atoms with E-state index in [0.29, 0.717) is 10.0 Å². The zero-order chi connectivity index (χ0) is 20.4. The molecule has 0 spiro atoms. The molecule has 0 bridgehead atoms.